The van der Waals surface area contributed by atoms with Crippen LogP contribution in [-0.4, -0.2) is 36.4 Å². The van der Waals surface area contributed by atoms with E-state index in [9.17, 15) is 9.59 Å². The smallest absolute Gasteiger partial charge is 0.322 e. The number of carboxylic acids is 1. The van der Waals surface area contributed by atoms with Gasteiger partial charge in [-0.05, 0) is 18.2 Å². The third kappa shape index (κ3) is 5.26. The highest BCUT2D eigenvalue weighted by Gasteiger charge is 2.05. The predicted octanol–water partition coefficient (Wildman–Crippen LogP) is 0.988. The van der Waals surface area contributed by atoms with Crippen molar-refractivity contribution in [3.8, 4) is 5.75 Å². The number of hydrogen-bond donors (Lipinski definition) is 2. The molecule has 5 nitrogen and oxygen atoms in total. The molecule has 1 rings (SSSR count). The number of nitrogens with one attached hydrogen (secondary N) is 1. The zero-order valence-electron chi connectivity index (χ0n) is 9.30. The lowest BCUT2D eigenvalue weighted by Crippen LogP contribution is -2.30. The Bertz CT molecular complexity index is 408. The summed E-state index contributed by atoms with van der Waals surface area (Å²) in [6.45, 7) is -0.350. The summed E-state index contributed by atoms with van der Waals surface area (Å²) in [5, 5.41) is 10.7. The number of methoxy groups -OCH3 is 1. The van der Waals surface area contributed by atoms with Crippen molar-refractivity contribution in [3.63, 3.8) is 0 Å². The standard InChI is InChI=1S/C11H13NO4S/c1-16-8-3-2-4-9(5-8)17-7-10(13)12-6-11(14)15/h2-5H,6-7H2,1H3,(H,12,13)(H,14,15). The van der Waals surface area contributed by atoms with Gasteiger partial charge in [-0.1, -0.05) is 6.07 Å². The number of carbonyl (C=O) groups excluding carboxylic acids is 1. The maximum Gasteiger partial charge on any atom is 0.322 e. The number of aliphatic carboxylic acids is 1. The van der Waals surface area contributed by atoms with Crippen LogP contribution in [0, 0.1) is 0 Å². The molecule has 0 aliphatic heterocycles. The van der Waals surface area contributed by atoms with Crippen LogP contribution in [0.15, 0.2) is 29.2 Å². The average Bonchev–Trinajstić information content (AvgIpc) is 2.34. The zero-order chi connectivity index (χ0) is 12.7. The Hall–Kier alpha value is -1.69. The van der Waals surface area contributed by atoms with Crippen LogP contribution in [0.25, 0.3) is 0 Å². The van der Waals surface area contributed by atoms with Gasteiger partial charge in [0.05, 0.1) is 12.9 Å². The second-order valence-electron chi connectivity index (χ2n) is 3.14. The first-order chi connectivity index (χ1) is 8.11. The van der Waals surface area contributed by atoms with E-state index in [0.717, 1.165) is 10.6 Å². The lowest BCUT2D eigenvalue weighted by Gasteiger charge is -2.04. The van der Waals surface area contributed by atoms with Gasteiger partial charge in [-0.2, -0.15) is 0 Å². The third-order valence-electron chi connectivity index (χ3n) is 1.85. The fraction of sp³-hybridized carbons (Fsp3) is 0.273. The summed E-state index contributed by atoms with van der Waals surface area (Å²) >= 11 is 1.32. The summed E-state index contributed by atoms with van der Waals surface area (Å²) in [7, 11) is 1.57. The molecule has 92 valence electrons. The Morgan fingerprint density at radius 2 is 2.24 bits per heavy atom. The van der Waals surface area contributed by atoms with Crippen LogP contribution < -0.4 is 10.1 Å². The van der Waals surface area contributed by atoms with E-state index in [0.29, 0.717) is 0 Å². The first kappa shape index (κ1) is 13.4. The molecule has 0 bridgehead atoms. The number of amides is 1. The Labute approximate surface area is 103 Å². The van der Waals surface area contributed by atoms with Crippen LogP contribution >= 0.6 is 11.8 Å². The van der Waals surface area contributed by atoms with Crippen molar-refractivity contribution in [2.45, 2.75) is 4.90 Å². The maximum atomic E-state index is 11.2. The minimum absolute atomic E-state index is 0.181. The van der Waals surface area contributed by atoms with Crippen molar-refractivity contribution in [2.24, 2.45) is 0 Å². The third-order valence-corrected chi connectivity index (χ3v) is 2.84. The summed E-state index contributed by atoms with van der Waals surface area (Å²) in [5.74, 6) is -0.452. The second-order valence-corrected chi connectivity index (χ2v) is 4.19. The van der Waals surface area contributed by atoms with Crippen LogP contribution in [0.5, 0.6) is 5.75 Å². The van der Waals surface area contributed by atoms with Gasteiger partial charge < -0.3 is 15.2 Å². The number of carboxylic acid groups (broad SMARTS) is 1. The fourth-order valence-electron chi connectivity index (χ4n) is 1.07. The van der Waals surface area contributed by atoms with E-state index in [1.807, 2.05) is 24.3 Å². The summed E-state index contributed by atoms with van der Waals surface area (Å²) < 4.78 is 5.05. The van der Waals surface area contributed by atoms with Crippen molar-refractivity contribution in [1.82, 2.24) is 5.32 Å². The van der Waals surface area contributed by atoms with Gasteiger partial charge in [-0.3, -0.25) is 9.59 Å². The Balaban J connectivity index is 2.39. The molecule has 2 N–H and O–H groups in total. The summed E-state index contributed by atoms with van der Waals surface area (Å²) in [4.78, 5) is 22.4. The van der Waals surface area contributed by atoms with Gasteiger partial charge >= 0.3 is 5.97 Å². The number of thioether (sulfide) groups is 1. The molecule has 0 fully saturated rings. The molecule has 6 heteroatoms. The van der Waals surface area contributed by atoms with Gasteiger partial charge in [0.2, 0.25) is 5.91 Å². The van der Waals surface area contributed by atoms with E-state index < -0.39 is 5.97 Å². The number of rotatable bonds is 6. The lowest BCUT2D eigenvalue weighted by molar-refractivity contribution is -0.137. The fourth-order valence-corrected chi connectivity index (χ4v) is 1.84. The first-order valence-corrected chi connectivity index (χ1v) is 5.85. The second kappa shape index (κ2) is 6.80. The van der Waals surface area contributed by atoms with Crippen LogP contribution in [0.4, 0.5) is 0 Å². The summed E-state index contributed by atoms with van der Waals surface area (Å²) in [6, 6.07) is 7.32. The van der Waals surface area contributed by atoms with Crippen LogP contribution in [0.1, 0.15) is 0 Å². The van der Waals surface area contributed by atoms with Crippen molar-refractivity contribution in [1.29, 1.82) is 0 Å². The minimum Gasteiger partial charge on any atom is -0.497 e. The summed E-state index contributed by atoms with van der Waals surface area (Å²) in [5.41, 5.74) is 0. The molecule has 0 saturated heterocycles. The van der Waals surface area contributed by atoms with E-state index in [2.05, 4.69) is 5.32 Å². The molecule has 0 spiro atoms. The monoisotopic (exact) mass is 255 g/mol. The Morgan fingerprint density at radius 1 is 1.47 bits per heavy atom. The molecular weight excluding hydrogens is 242 g/mol. The van der Waals surface area contributed by atoms with E-state index in [-0.39, 0.29) is 18.2 Å². The van der Waals surface area contributed by atoms with Crippen LogP contribution in [0.3, 0.4) is 0 Å². The van der Waals surface area contributed by atoms with Gasteiger partial charge in [0.15, 0.2) is 0 Å². The molecule has 0 aliphatic rings. The first-order valence-electron chi connectivity index (χ1n) is 4.87. The molecule has 0 aromatic heterocycles. The number of carbonyl (C=O) groups is 2. The van der Waals surface area contributed by atoms with E-state index in [1.165, 1.54) is 11.8 Å². The quantitative estimate of drug-likeness (QED) is 0.741. The number of ether oxygens (including phenoxy) is 1. The normalized spacial score (nSPS) is 9.71. The average molecular weight is 255 g/mol. The van der Waals surface area contributed by atoms with E-state index in [4.69, 9.17) is 9.84 Å². The molecule has 0 saturated carbocycles. The molecule has 1 aromatic rings. The van der Waals surface area contributed by atoms with Crippen molar-refractivity contribution in [3.05, 3.63) is 24.3 Å². The van der Waals surface area contributed by atoms with Crippen LogP contribution in [0.2, 0.25) is 0 Å². The molecule has 0 unspecified atom stereocenters. The molecule has 0 aliphatic carbocycles. The van der Waals surface area contributed by atoms with Gasteiger partial charge in [0.1, 0.15) is 12.3 Å². The van der Waals surface area contributed by atoms with Gasteiger partial charge in [-0.15, -0.1) is 11.8 Å². The number of hydrogen-bond acceptors (Lipinski definition) is 4. The van der Waals surface area contributed by atoms with E-state index in [1.54, 1.807) is 7.11 Å². The largest absolute Gasteiger partial charge is 0.497 e. The van der Waals surface area contributed by atoms with Crippen molar-refractivity contribution in [2.75, 3.05) is 19.4 Å². The topological polar surface area (TPSA) is 75.6 Å². The van der Waals surface area contributed by atoms with Crippen molar-refractivity contribution < 1.29 is 19.4 Å². The zero-order valence-corrected chi connectivity index (χ0v) is 10.1. The Morgan fingerprint density at radius 3 is 2.88 bits per heavy atom. The van der Waals surface area contributed by atoms with E-state index >= 15 is 0 Å². The van der Waals surface area contributed by atoms with Crippen molar-refractivity contribution >= 4 is 23.6 Å². The molecule has 1 aromatic carbocycles. The number of benzene rings is 1. The van der Waals surface area contributed by atoms with Crippen LogP contribution in [-0.2, 0) is 9.59 Å². The van der Waals surface area contributed by atoms with Gasteiger partial charge in [0.25, 0.3) is 0 Å². The summed E-state index contributed by atoms with van der Waals surface area (Å²) in [6.07, 6.45) is 0. The minimum atomic E-state index is -1.05. The lowest BCUT2D eigenvalue weighted by atomic mass is 10.3. The predicted molar refractivity (Wildman–Crippen MR) is 64.4 cm³/mol. The molecule has 0 radical (unpaired) electrons. The highest BCUT2D eigenvalue weighted by molar-refractivity contribution is 8.00. The molecule has 0 heterocycles. The SMILES string of the molecule is COc1cccc(SCC(=O)NCC(=O)O)c1. The van der Waals surface area contributed by atoms with Gasteiger partial charge in [-0.25, -0.2) is 0 Å². The molecule has 1 amide bonds. The Kier molecular flexibility index (Phi) is 5.35. The highest BCUT2D eigenvalue weighted by atomic mass is 32.2. The highest BCUT2D eigenvalue weighted by Crippen LogP contribution is 2.22. The molecule has 17 heavy (non-hydrogen) atoms. The molecule has 0 atom stereocenters. The molecular formula is C11H13NO4S. The van der Waals surface area contributed by atoms with Gasteiger partial charge in [0, 0.05) is 4.90 Å². The maximum absolute atomic E-state index is 11.2.